The molecule has 0 bridgehead atoms. The van der Waals surface area contributed by atoms with Gasteiger partial charge in [-0.25, -0.2) is 0 Å². The smallest absolute Gasteiger partial charge is 0.251 e. The first-order valence-corrected chi connectivity index (χ1v) is 4.66. The second-order valence-corrected chi connectivity index (χ2v) is 3.50. The van der Waals surface area contributed by atoms with Crippen LogP contribution in [0.5, 0.6) is 0 Å². The van der Waals surface area contributed by atoms with E-state index in [0.29, 0.717) is 6.54 Å². The first kappa shape index (κ1) is 10.5. The van der Waals surface area contributed by atoms with Crippen LogP contribution >= 0.6 is 0 Å². The van der Waals surface area contributed by atoms with Crippen molar-refractivity contribution in [2.45, 2.75) is 32.0 Å². The van der Waals surface area contributed by atoms with Gasteiger partial charge in [-0.15, -0.1) is 0 Å². The summed E-state index contributed by atoms with van der Waals surface area (Å²) in [5, 5.41) is 8.65. The fraction of sp³-hybridized carbons (Fsp3) is 0.889. The number of aliphatic hydroxyl groups excluding tert-OH is 1. The van der Waals surface area contributed by atoms with E-state index in [2.05, 4.69) is 0 Å². The molecule has 1 rings (SSSR count). The molecule has 76 valence electrons. The van der Waals surface area contributed by atoms with Crippen LogP contribution in [0.25, 0.3) is 0 Å². The molecule has 0 radical (unpaired) electrons. The number of likely N-dealkylation sites (N-methyl/N-ethyl adjacent to an activating group) is 1. The van der Waals surface area contributed by atoms with Crippen molar-refractivity contribution in [3.63, 3.8) is 0 Å². The Morgan fingerprint density at radius 1 is 1.62 bits per heavy atom. The molecule has 1 N–H and O–H groups in total. The van der Waals surface area contributed by atoms with Crippen LogP contribution in [0, 0.1) is 0 Å². The van der Waals surface area contributed by atoms with E-state index < -0.39 is 0 Å². The molecule has 0 aromatic carbocycles. The van der Waals surface area contributed by atoms with Crippen molar-refractivity contribution in [3.8, 4) is 0 Å². The minimum atomic E-state index is -0.286. The lowest BCUT2D eigenvalue weighted by atomic mass is 10.2. The zero-order valence-corrected chi connectivity index (χ0v) is 8.19. The van der Waals surface area contributed by atoms with Crippen LogP contribution in [-0.4, -0.2) is 48.3 Å². The van der Waals surface area contributed by atoms with Gasteiger partial charge in [-0.2, -0.15) is 0 Å². The predicted octanol–water partition coefficient (Wildman–Crippen LogP) is 0.00460. The lowest BCUT2D eigenvalue weighted by Crippen LogP contribution is -2.37. The molecule has 1 aliphatic heterocycles. The Balaban J connectivity index is 2.38. The number of amides is 1. The van der Waals surface area contributed by atoms with E-state index in [-0.39, 0.29) is 24.7 Å². The van der Waals surface area contributed by atoms with Gasteiger partial charge in [-0.05, 0) is 19.8 Å². The molecule has 13 heavy (non-hydrogen) atoms. The number of nitrogens with zero attached hydrogens (tertiary/aromatic N) is 1. The van der Waals surface area contributed by atoms with E-state index in [1.165, 1.54) is 4.90 Å². The van der Waals surface area contributed by atoms with Gasteiger partial charge in [0.15, 0.2) is 0 Å². The molecular formula is C9H17NO3. The van der Waals surface area contributed by atoms with Gasteiger partial charge >= 0.3 is 0 Å². The Labute approximate surface area is 78.5 Å². The third-order valence-corrected chi connectivity index (χ3v) is 2.32. The average Bonchev–Trinajstić information content (AvgIpc) is 2.51. The number of hydrogen-bond donors (Lipinski definition) is 1. The SMILES string of the molecule is CC1CCC(C(=O)N(C)CCO)O1. The first-order valence-electron chi connectivity index (χ1n) is 4.66. The molecule has 1 heterocycles. The van der Waals surface area contributed by atoms with Gasteiger partial charge in [0.1, 0.15) is 6.10 Å². The maximum atomic E-state index is 11.6. The minimum Gasteiger partial charge on any atom is -0.395 e. The van der Waals surface area contributed by atoms with Crippen molar-refractivity contribution in [1.82, 2.24) is 4.90 Å². The summed E-state index contributed by atoms with van der Waals surface area (Å²) in [6.45, 7) is 2.36. The summed E-state index contributed by atoms with van der Waals surface area (Å²) in [5.41, 5.74) is 0. The van der Waals surface area contributed by atoms with Crippen molar-refractivity contribution >= 4 is 5.91 Å². The zero-order chi connectivity index (χ0) is 9.84. The molecular weight excluding hydrogens is 170 g/mol. The van der Waals surface area contributed by atoms with E-state index in [4.69, 9.17) is 9.84 Å². The quantitative estimate of drug-likeness (QED) is 0.677. The largest absolute Gasteiger partial charge is 0.395 e. The highest BCUT2D eigenvalue weighted by Gasteiger charge is 2.29. The number of hydrogen-bond acceptors (Lipinski definition) is 3. The van der Waals surface area contributed by atoms with Crippen LogP contribution in [0.4, 0.5) is 0 Å². The lowest BCUT2D eigenvalue weighted by Gasteiger charge is -2.19. The third kappa shape index (κ3) is 2.67. The van der Waals surface area contributed by atoms with Gasteiger partial charge in [0, 0.05) is 13.6 Å². The Morgan fingerprint density at radius 2 is 2.31 bits per heavy atom. The fourth-order valence-corrected chi connectivity index (χ4v) is 1.49. The van der Waals surface area contributed by atoms with Gasteiger partial charge in [-0.3, -0.25) is 4.79 Å². The normalized spacial score (nSPS) is 27.6. The van der Waals surface area contributed by atoms with Gasteiger partial charge in [-0.1, -0.05) is 0 Å². The Bertz CT molecular complexity index is 184. The fourth-order valence-electron chi connectivity index (χ4n) is 1.49. The summed E-state index contributed by atoms with van der Waals surface area (Å²) >= 11 is 0. The summed E-state index contributed by atoms with van der Waals surface area (Å²) in [4.78, 5) is 13.1. The lowest BCUT2D eigenvalue weighted by molar-refractivity contribution is -0.141. The maximum absolute atomic E-state index is 11.6. The first-order chi connectivity index (χ1) is 6.15. The molecule has 0 saturated carbocycles. The molecule has 0 aliphatic carbocycles. The molecule has 1 aliphatic rings. The monoisotopic (exact) mass is 187 g/mol. The summed E-state index contributed by atoms with van der Waals surface area (Å²) in [5.74, 6) is -0.0154. The summed E-state index contributed by atoms with van der Waals surface area (Å²) in [6, 6.07) is 0. The van der Waals surface area contributed by atoms with Gasteiger partial charge in [0.25, 0.3) is 5.91 Å². The molecule has 1 fully saturated rings. The molecule has 1 saturated heterocycles. The maximum Gasteiger partial charge on any atom is 0.251 e. The van der Waals surface area contributed by atoms with Crippen LogP contribution in [0.3, 0.4) is 0 Å². The third-order valence-electron chi connectivity index (χ3n) is 2.32. The van der Waals surface area contributed by atoms with Crippen LogP contribution in [0.1, 0.15) is 19.8 Å². The van der Waals surface area contributed by atoms with Crippen molar-refractivity contribution in [3.05, 3.63) is 0 Å². The predicted molar refractivity (Wildman–Crippen MR) is 48.3 cm³/mol. The molecule has 0 aromatic rings. The molecule has 2 atom stereocenters. The second-order valence-electron chi connectivity index (χ2n) is 3.50. The van der Waals surface area contributed by atoms with Crippen molar-refractivity contribution in [1.29, 1.82) is 0 Å². The van der Waals surface area contributed by atoms with Crippen molar-refractivity contribution in [2.24, 2.45) is 0 Å². The number of ether oxygens (including phenoxy) is 1. The van der Waals surface area contributed by atoms with E-state index >= 15 is 0 Å². The van der Waals surface area contributed by atoms with E-state index in [1.807, 2.05) is 6.92 Å². The van der Waals surface area contributed by atoms with Gasteiger partial charge < -0.3 is 14.7 Å². The number of carbonyl (C=O) groups is 1. The highest BCUT2D eigenvalue weighted by molar-refractivity contribution is 5.80. The highest BCUT2D eigenvalue weighted by atomic mass is 16.5. The average molecular weight is 187 g/mol. The second kappa shape index (κ2) is 4.58. The van der Waals surface area contributed by atoms with E-state index in [1.54, 1.807) is 7.05 Å². The number of aliphatic hydroxyl groups is 1. The van der Waals surface area contributed by atoms with Crippen LogP contribution in [0.15, 0.2) is 0 Å². The minimum absolute atomic E-state index is 0.00448. The molecule has 4 heteroatoms. The highest BCUT2D eigenvalue weighted by Crippen LogP contribution is 2.20. The number of carbonyl (C=O) groups excluding carboxylic acids is 1. The van der Waals surface area contributed by atoms with Crippen LogP contribution in [-0.2, 0) is 9.53 Å². The van der Waals surface area contributed by atoms with E-state index in [0.717, 1.165) is 12.8 Å². The van der Waals surface area contributed by atoms with Gasteiger partial charge in [0.05, 0.1) is 12.7 Å². The van der Waals surface area contributed by atoms with Gasteiger partial charge in [0.2, 0.25) is 0 Å². The molecule has 1 amide bonds. The Hall–Kier alpha value is -0.610. The summed E-state index contributed by atoms with van der Waals surface area (Å²) < 4.78 is 5.42. The Kier molecular flexibility index (Phi) is 3.69. The van der Waals surface area contributed by atoms with Crippen molar-refractivity contribution < 1.29 is 14.6 Å². The number of rotatable bonds is 3. The van der Waals surface area contributed by atoms with Crippen LogP contribution in [0.2, 0.25) is 0 Å². The summed E-state index contributed by atoms with van der Waals surface area (Å²) in [6.07, 6.45) is 1.65. The van der Waals surface area contributed by atoms with Crippen molar-refractivity contribution in [2.75, 3.05) is 20.2 Å². The standard InChI is InChI=1S/C9H17NO3/c1-7-3-4-8(13-7)9(12)10(2)5-6-11/h7-8,11H,3-6H2,1-2H3. The topological polar surface area (TPSA) is 49.8 Å². The molecule has 2 unspecified atom stereocenters. The molecule has 4 nitrogen and oxygen atoms in total. The summed E-state index contributed by atoms with van der Waals surface area (Å²) in [7, 11) is 1.69. The molecule has 0 spiro atoms. The zero-order valence-electron chi connectivity index (χ0n) is 8.19. The van der Waals surface area contributed by atoms with E-state index in [9.17, 15) is 4.79 Å². The Morgan fingerprint density at radius 3 is 2.77 bits per heavy atom. The van der Waals surface area contributed by atoms with Crippen LogP contribution < -0.4 is 0 Å². The molecule has 0 aromatic heterocycles.